The predicted molar refractivity (Wildman–Crippen MR) is 244 cm³/mol. The number of aryl methyl sites for hydroxylation is 1. The number of anilines is 3. The smallest absolute Gasteiger partial charge is 0.0540 e. The fourth-order valence-electron chi connectivity index (χ4n) is 9.27. The van der Waals surface area contributed by atoms with Crippen LogP contribution >= 0.6 is 15.9 Å². The molecule has 11 rings (SSSR count). The molecule has 1 nitrogen and oxygen atoms in total. The first-order valence-electron chi connectivity index (χ1n) is 19.3. The maximum atomic E-state index is 3.66. The van der Waals surface area contributed by atoms with Gasteiger partial charge in [-0.05, 0) is 125 Å². The first kappa shape index (κ1) is 32.9. The Balaban J connectivity index is 1.15. The van der Waals surface area contributed by atoms with Gasteiger partial charge in [0.15, 0.2) is 0 Å². The molecular formula is C54H36BrN. The van der Waals surface area contributed by atoms with E-state index >= 15 is 0 Å². The van der Waals surface area contributed by atoms with E-state index in [0.29, 0.717) is 0 Å². The lowest BCUT2D eigenvalue weighted by Crippen LogP contribution is -2.10. The second-order valence-electron chi connectivity index (χ2n) is 15.1. The van der Waals surface area contributed by atoms with Crippen LogP contribution in [-0.2, 0) is 0 Å². The summed E-state index contributed by atoms with van der Waals surface area (Å²) in [6.07, 6.45) is 0. The van der Waals surface area contributed by atoms with Crippen LogP contribution in [0.15, 0.2) is 199 Å². The highest BCUT2D eigenvalue weighted by molar-refractivity contribution is 9.10. The average molecular weight is 779 g/mol. The number of benzene rings is 11. The second kappa shape index (κ2) is 13.1. The summed E-state index contributed by atoms with van der Waals surface area (Å²) in [6, 6.07) is 72.1. The molecule has 11 aromatic rings. The number of rotatable bonds is 6. The van der Waals surface area contributed by atoms with Crippen molar-refractivity contribution in [1.29, 1.82) is 0 Å². The number of hydrogen-bond acceptors (Lipinski definition) is 1. The predicted octanol–water partition coefficient (Wildman–Crippen LogP) is 15.8. The summed E-state index contributed by atoms with van der Waals surface area (Å²) < 4.78 is 1.09. The Morgan fingerprint density at radius 2 is 0.982 bits per heavy atom. The lowest BCUT2D eigenvalue weighted by Gasteiger charge is -2.28. The van der Waals surface area contributed by atoms with Crippen molar-refractivity contribution in [3.05, 3.63) is 221 Å². The molecule has 0 N–H and O–H groups in total. The highest BCUT2D eigenvalue weighted by Crippen LogP contribution is 2.48. The van der Waals surface area contributed by atoms with Gasteiger partial charge in [0.2, 0.25) is 0 Å². The van der Waals surface area contributed by atoms with Crippen molar-refractivity contribution in [2.75, 3.05) is 4.90 Å². The minimum atomic E-state index is 0.0771. The summed E-state index contributed by atoms with van der Waals surface area (Å²) in [5.74, 6) is 0.0771. The van der Waals surface area contributed by atoms with Crippen molar-refractivity contribution in [3.8, 4) is 0 Å². The number of fused-ring (bicyclic) bond motifs is 4. The van der Waals surface area contributed by atoms with E-state index in [2.05, 4.69) is 222 Å². The molecule has 0 aliphatic carbocycles. The van der Waals surface area contributed by atoms with E-state index in [4.69, 9.17) is 0 Å². The molecule has 264 valence electrons. The van der Waals surface area contributed by atoms with Gasteiger partial charge in [-0.15, -0.1) is 0 Å². The van der Waals surface area contributed by atoms with E-state index < -0.39 is 0 Å². The van der Waals surface area contributed by atoms with Gasteiger partial charge in [-0.1, -0.05) is 173 Å². The molecule has 0 aliphatic rings. The number of hydrogen-bond donors (Lipinski definition) is 0. The minimum Gasteiger partial charge on any atom is -0.310 e. The maximum absolute atomic E-state index is 3.66. The van der Waals surface area contributed by atoms with Crippen molar-refractivity contribution < 1.29 is 0 Å². The molecule has 0 spiro atoms. The lowest BCUT2D eigenvalue weighted by molar-refractivity contribution is 0.993. The third-order valence-corrected chi connectivity index (χ3v) is 12.3. The molecule has 2 heteroatoms. The van der Waals surface area contributed by atoms with Gasteiger partial charge in [-0.3, -0.25) is 0 Å². The van der Waals surface area contributed by atoms with Crippen molar-refractivity contribution in [2.45, 2.75) is 12.8 Å². The van der Waals surface area contributed by atoms with E-state index in [1.165, 1.54) is 86.9 Å². The normalized spacial score (nSPS) is 12.4. The molecule has 1 atom stereocenters. The first-order chi connectivity index (χ1) is 27.6. The molecule has 0 amide bonds. The van der Waals surface area contributed by atoms with E-state index in [9.17, 15) is 0 Å². The molecule has 0 bridgehead atoms. The van der Waals surface area contributed by atoms with E-state index in [1.54, 1.807) is 0 Å². The Hall–Kier alpha value is -6.48. The van der Waals surface area contributed by atoms with Crippen molar-refractivity contribution in [3.63, 3.8) is 0 Å². The van der Waals surface area contributed by atoms with Crippen LogP contribution in [0.4, 0.5) is 17.1 Å². The maximum Gasteiger partial charge on any atom is 0.0540 e. The van der Waals surface area contributed by atoms with Crippen LogP contribution in [0.1, 0.15) is 28.2 Å². The Labute approximate surface area is 334 Å². The monoisotopic (exact) mass is 777 g/mol. The van der Waals surface area contributed by atoms with Crippen LogP contribution in [0.5, 0.6) is 0 Å². The third kappa shape index (κ3) is 5.28. The minimum absolute atomic E-state index is 0.0771. The Morgan fingerprint density at radius 3 is 1.79 bits per heavy atom. The summed E-state index contributed by atoms with van der Waals surface area (Å²) in [6.45, 7) is 2.17. The van der Waals surface area contributed by atoms with Crippen molar-refractivity contribution in [2.24, 2.45) is 0 Å². The molecule has 11 aromatic carbocycles. The Bertz CT molecular complexity index is 3030. The van der Waals surface area contributed by atoms with Crippen LogP contribution in [0.2, 0.25) is 0 Å². The van der Waals surface area contributed by atoms with Crippen LogP contribution in [0, 0.1) is 6.92 Å². The number of para-hydroxylation sites is 1. The zero-order valence-corrected chi connectivity index (χ0v) is 32.5. The highest BCUT2D eigenvalue weighted by atomic mass is 79.9. The van der Waals surface area contributed by atoms with E-state index in [0.717, 1.165) is 21.5 Å². The lowest BCUT2D eigenvalue weighted by atomic mass is 9.80. The molecule has 56 heavy (non-hydrogen) atoms. The summed E-state index contributed by atoms with van der Waals surface area (Å²) in [5, 5.41) is 15.3. The van der Waals surface area contributed by atoms with Gasteiger partial charge in [-0.25, -0.2) is 0 Å². The van der Waals surface area contributed by atoms with Gasteiger partial charge in [0.1, 0.15) is 0 Å². The summed E-state index contributed by atoms with van der Waals surface area (Å²) in [7, 11) is 0. The van der Waals surface area contributed by atoms with Gasteiger partial charge in [0.05, 0.1) is 5.69 Å². The topological polar surface area (TPSA) is 3.24 Å². The van der Waals surface area contributed by atoms with Crippen LogP contribution in [0.3, 0.4) is 0 Å². The van der Waals surface area contributed by atoms with Crippen molar-refractivity contribution >= 4 is 97.6 Å². The van der Waals surface area contributed by atoms with Crippen LogP contribution in [0.25, 0.3) is 64.6 Å². The third-order valence-electron chi connectivity index (χ3n) is 11.8. The standard InChI is InChI=1S/C54H36BrN/c1-34-18-19-37-31-40(21-20-36(37)30-34)52(35-10-4-2-5-11-35)47-26-27-48-46-16-9-17-50-51(29-28-49(54(46)50)45-15-8-14-44(47)53(45)48)56(42-12-6-3-7-13-42)43-25-23-38-32-41(55)24-22-39(38)33-43/h2-33,52H,1H3. The zero-order chi connectivity index (χ0) is 37.3. The Kier molecular flexibility index (Phi) is 7.69. The first-order valence-corrected chi connectivity index (χ1v) is 20.1. The molecule has 0 aliphatic heterocycles. The van der Waals surface area contributed by atoms with E-state index in [1.807, 2.05) is 0 Å². The molecule has 0 radical (unpaired) electrons. The molecule has 0 aromatic heterocycles. The SMILES string of the molecule is Cc1ccc2cc(C(c3ccccc3)c3ccc4c5cccc6c(N(c7ccccc7)c7ccc8cc(Br)ccc8c7)ccc(c7cccc3c47)c65)ccc2c1. The fraction of sp³-hybridized carbons (Fsp3) is 0.0370. The van der Waals surface area contributed by atoms with Gasteiger partial charge < -0.3 is 4.90 Å². The zero-order valence-electron chi connectivity index (χ0n) is 30.9. The highest BCUT2D eigenvalue weighted by Gasteiger charge is 2.24. The van der Waals surface area contributed by atoms with Crippen molar-refractivity contribution in [1.82, 2.24) is 0 Å². The van der Waals surface area contributed by atoms with Gasteiger partial charge in [0, 0.05) is 27.2 Å². The number of nitrogens with zero attached hydrogens (tertiary/aromatic N) is 1. The van der Waals surface area contributed by atoms with Crippen LogP contribution < -0.4 is 4.90 Å². The summed E-state index contributed by atoms with van der Waals surface area (Å²) >= 11 is 3.66. The Morgan fingerprint density at radius 1 is 0.393 bits per heavy atom. The summed E-state index contributed by atoms with van der Waals surface area (Å²) in [4.78, 5) is 2.42. The summed E-state index contributed by atoms with van der Waals surface area (Å²) in [5.41, 5.74) is 8.63. The number of halogens is 1. The molecular weight excluding hydrogens is 743 g/mol. The van der Waals surface area contributed by atoms with Crippen LogP contribution in [-0.4, -0.2) is 0 Å². The van der Waals surface area contributed by atoms with Gasteiger partial charge in [-0.2, -0.15) is 0 Å². The molecule has 1 unspecified atom stereocenters. The van der Waals surface area contributed by atoms with E-state index in [-0.39, 0.29) is 5.92 Å². The largest absolute Gasteiger partial charge is 0.310 e. The average Bonchev–Trinajstić information content (AvgIpc) is 3.24. The molecule has 0 heterocycles. The molecule has 0 saturated heterocycles. The second-order valence-corrected chi connectivity index (χ2v) is 16.0. The van der Waals surface area contributed by atoms with Gasteiger partial charge >= 0.3 is 0 Å². The fourth-order valence-corrected chi connectivity index (χ4v) is 9.65. The quantitative estimate of drug-likeness (QED) is 0.0923. The van der Waals surface area contributed by atoms with Gasteiger partial charge in [0.25, 0.3) is 0 Å². The molecule has 0 fully saturated rings. The molecule has 0 saturated carbocycles.